The standard InChI is InChI=1S/C10H12BrNO4/c1-6(2)16-10-8(12(13)14)4-7(11)5-9(10)15-3/h4-6H,1-3H3. The van der Waals surface area contributed by atoms with Crippen molar-refractivity contribution in [2.45, 2.75) is 20.0 Å². The van der Waals surface area contributed by atoms with E-state index < -0.39 is 4.92 Å². The van der Waals surface area contributed by atoms with Crippen LogP contribution in [-0.4, -0.2) is 18.1 Å². The quantitative estimate of drug-likeness (QED) is 0.631. The Kier molecular flexibility index (Phi) is 4.12. The van der Waals surface area contributed by atoms with E-state index >= 15 is 0 Å². The number of hydrogen-bond donors (Lipinski definition) is 0. The third-order valence-corrected chi connectivity index (χ3v) is 2.23. The minimum absolute atomic E-state index is 0.111. The predicted molar refractivity (Wildman–Crippen MR) is 63.1 cm³/mol. The van der Waals surface area contributed by atoms with Crippen molar-refractivity contribution in [3.63, 3.8) is 0 Å². The highest BCUT2D eigenvalue weighted by Crippen LogP contribution is 2.40. The fourth-order valence-corrected chi connectivity index (χ4v) is 1.62. The predicted octanol–water partition coefficient (Wildman–Crippen LogP) is 3.15. The van der Waals surface area contributed by atoms with Crippen LogP contribution in [0.5, 0.6) is 11.5 Å². The Labute approximate surface area is 102 Å². The summed E-state index contributed by atoms with van der Waals surface area (Å²) < 4.78 is 11.0. The van der Waals surface area contributed by atoms with E-state index in [0.29, 0.717) is 10.2 Å². The second-order valence-electron chi connectivity index (χ2n) is 3.38. The molecule has 0 N–H and O–H groups in total. The van der Waals surface area contributed by atoms with Crippen molar-refractivity contribution >= 4 is 21.6 Å². The number of rotatable bonds is 4. The van der Waals surface area contributed by atoms with Crippen LogP contribution in [0.15, 0.2) is 16.6 Å². The van der Waals surface area contributed by atoms with Gasteiger partial charge in [0.1, 0.15) is 0 Å². The molecule has 0 bridgehead atoms. The average molecular weight is 290 g/mol. The second kappa shape index (κ2) is 5.16. The van der Waals surface area contributed by atoms with Gasteiger partial charge in [-0.1, -0.05) is 15.9 Å². The van der Waals surface area contributed by atoms with E-state index in [2.05, 4.69) is 15.9 Å². The smallest absolute Gasteiger partial charge is 0.316 e. The fourth-order valence-electron chi connectivity index (χ4n) is 1.20. The summed E-state index contributed by atoms with van der Waals surface area (Å²) in [6, 6.07) is 3.02. The summed E-state index contributed by atoms with van der Waals surface area (Å²) in [6.07, 6.45) is -0.159. The van der Waals surface area contributed by atoms with Crippen LogP contribution >= 0.6 is 15.9 Å². The van der Waals surface area contributed by atoms with Crippen LogP contribution in [-0.2, 0) is 0 Å². The van der Waals surface area contributed by atoms with Gasteiger partial charge in [0, 0.05) is 10.5 Å². The van der Waals surface area contributed by atoms with Crippen LogP contribution in [0.4, 0.5) is 5.69 Å². The van der Waals surface area contributed by atoms with Crippen LogP contribution in [0.3, 0.4) is 0 Å². The highest BCUT2D eigenvalue weighted by atomic mass is 79.9. The lowest BCUT2D eigenvalue weighted by molar-refractivity contribution is -0.386. The van der Waals surface area contributed by atoms with E-state index in [9.17, 15) is 10.1 Å². The molecule has 0 saturated carbocycles. The zero-order valence-corrected chi connectivity index (χ0v) is 10.8. The summed E-state index contributed by atoms with van der Waals surface area (Å²) in [5.74, 6) is 0.500. The van der Waals surface area contributed by atoms with Crippen molar-refractivity contribution in [2.75, 3.05) is 7.11 Å². The Balaban J connectivity index is 3.33. The van der Waals surface area contributed by atoms with Gasteiger partial charge in [-0.05, 0) is 19.9 Å². The average Bonchev–Trinajstić information content (AvgIpc) is 2.19. The summed E-state index contributed by atoms with van der Waals surface area (Å²) >= 11 is 3.18. The molecule has 0 aromatic heterocycles. The Morgan fingerprint density at radius 1 is 1.44 bits per heavy atom. The minimum Gasteiger partial charge on any atom is -0.493 e. The molecular formula is C10H12BrNO4. The first kappa shape index (κ1) is 12.8. The second-order valence-corrected chi connectivity index (χ2v) is 4.30. The monoisotopic (exact) mass is 289 g/mol. The molecule has 0 atom stereocenters. The summed E-state index contributed by atoms with van der Waals surface area (Å²) in [4.78, 5) is 10.4. The van der Waals surface area contributed by atoms with Gasteiger partial charge < -0.3 is 9.47 Å². The van der Waals surface area contributed by atoms with Crippen LogP contribution in [0.2, 0.25) is 0 Å². The maximum Gasteiger partial charge on any atom is 0.316 e. The van der Waals surface area contributed by atoms with Crippen molar-refractivity contribution in [3.05, 3.63) is 26.7 Å². The molecule has 0 heterocycles. The lowest BCUT2D eigenvalue weighted by Gasteiger charge is -2.13. The summed E-state index contributed by atoms with van der Waals surface area (Å²) in [6.45, 7) is 3.59. The third-order valence-electron chi connectivity index (χ3n) is 1.77. The summed E-state index contributed by atoms with van der Waals surface area (Å²) in [5, 5.41) is 10.9. The lowest BCUT2D eigenvalue weighted by Crippen LogP contribution is -2.08. The molecular weight excluding hydrogens is 278 g/mol. The molecule has 0 fully saturated rings. The Morgan fingerprint density at radius 3 is 2.50 bits per heavy atom. The first-order chi connectivity index (χ1) is 7.45. The molecule has 6 heteroatoms. The molecule has 5 nitrogen and oxygen atoms in total. The molecule has 0 radical (unpaired) electrons. The largest absolute Gasteiger partial charge is 0.493 e. The van der Waals surface area contributed by atoms with E-state index in [4.69, 9.17) is 9.47 Å². The molecule has 1 aromatic carbocycles. The van der Waals surface area contributed by atoms with Gasteiger partial charge >= 0.3 is 5.69 Å². The Bertz CT molecular complexity index is 406. The molecule has 0 aliphatic rings. The van der Waals surface area contributed by atoms with Crippen LogP contribution in [0.1, 0.15) is 13.8 Å². The molecule has 0 saturated heterocycles. The summed E-state index contributed by atoms with van der Waals surface area (Å²) in [7, 11) is 1.44. The van der Waals surface area contributed by atoms with Crippen molar-refractivity contribution < 1.29 is 14.4 Å². The third kappa shape index (κ3) is 2.85. The topological polar surface area (TPSA) is 61.6 Å². The number of nitro groups is 1. The van der Waals surface area contributed by atoms with E-state index in [0.717, 1.165) is 0 Å². The molecule has 1 aromatic rings. The first-order valence-corrected chi connectivity index (χ1v) is 5.43. The zero-order chi connectivity index (χ0) is 12.3. The van der Waals surface area contributed by atoms with Gasteiger partial charge in [-0.3, -0.25) is 10.1 Å². The highest BCUT2D eigenvalue weighted by molar-refractivity contribution is 9.10. The van der Waals surface area contributed by atoms with E-state index in [1.165, 1.54) is 13.2 Å². The SMILES string of the molecule is COc1cc(Br)cc([N+](=O)[O-])c1OC(C)C. The van der Waals surface area contributed by atoms with Gasteiger partial charge in [-0.2, -0.15) is 0 Å². The number of methoxy groups -OCH3 is 1. The lowest BCUT2D eigenvalue weighted by atomic mass is 10.2. The molecule has 16 heavy (non-hydrogen) atoms. The number of nitro benzene ring substituents is 1. The molecule has 0 unspecified atom stereocenters. The van der Waals surface area contributed by atoms with Gasteiger partial charge in [0.25, 0.3) is 0 Å². The Hall–Kier alpha value is -1.30. The van der Waals surface area contributed by atoms with Crippen LogP contribution < -0.4 is 9.47 Å². The molecule has 0 spiro atoms. The molecule has 1 rings (SSSR count). The van der Waals surface area contributed by atoms with Crippen molar-refractivity contribution in [3.8, 4) is 11.5 Å². The number of halogens is 1. The van der Waals surface area contributed by atoms with E-state index in [-0.39, 0.29) is 17.5 Å². The van der Waals surface area contributed by atoms with E-state index in [1.54, 1.807) is 19.9 Å². The highest BCUT2D eigenvalue weighted by Gasteiger charge is 2.22. The fraction of sp³-hybridized carbons (Fsp3) is 0.400. The van der Waals surface area contributed by atoms with Crippen LogP contribution in [0, 0.1) is 10.1 Å². The molecule has 0 aliphatic heterocycles. The zero-order valence-electron chi connectivity index (χ0n) is 9.19. The van der Waals surface area contributed by atoms with Gasteiger partial charge in [0.15, 0.2) is 5.75 Å². The van der Waals surface area contributed by atoms with Gasteiger partial charge in [0.2, 0.25) is 5.75 Å². The van der Waals surface area contributed by atoms with E-state index in [1.807, 2.05) is 0 Å². The molecule has 0 amide bonds. The van der Waals surface area contributed by atoms with Crippen molar-refractivity contribution in [1.82, 2.24) is 0 Å². The van der Waals surface area contributed by atoms with Crippen molar-refractivity contribution in [1.29, 1.82) is 0 Å². The molecule has 88 valence electrons. The maximum atomic E-state index is 10.9. The van der Waals surface area contributed by atoms with Gasteiger partial charge in [0.05, 0.1) is 18.1 Å². The number of hydrogen-bond acceptors (Lipinski definition) is 4. The number of ether oxygens (including phenoxy) is 2. The number of nitrogens with zero attached hydrogens (tertiary/aromatic N) is 1. The first-order valence-electron chi connectivity index (χ1n) is 4.64. The van der Waals surface area contributed by atoms with Gasteiger partial charge in [-0.25, -0.2) is 0 Å². The normalized spacial score (nSPS) is 10.3. The van der Waals surface area contributed by atoms with Crippen LogP contribution in [0.25, 0.3) is 0 Å². The molecule has 0 aliphatic carbocycles. The Morgan fingerprint density at radius 2 is 2.06 bits per heavy atom. The number of benzene rings is 1. The minimum atomic E-state index is -0.495. The summed E-state index contributed by atoms with van der Waals surface area (Å²) in [5.41, 5.74) is -0.111. The maximum absolute atomic E-state index is 10.9. The van der Waals surface area contributed by atoms with Crippen molar-refractivity contribution in [2.24, 2.45) is 0 Å². The van der Waals surface area contributed by atoms with Gasteiger partial charge in [-0.15, -0.1) is 0 Å².